The molecule has 1 atom stereocenters. The summed E-state index contributed by atoms with van der Waals surface area (Å²) in [5.41, 5.74) is 0. The molecule has 1 heterocycles. The van der Waals surface area contributed by atoms with Gasteiger partial charge in [0.05, 0.1) is 6.04 Å². The van der Waals surface area contributed by atoms with Crippen molar-refractivity contribution in [2.75, 3.05) is 6.61 Å². The Morgan fingerprint density at radius 2 is 2.05 bits per heavy atom. The lowest BCUT2D eigenvalue weighted by molar-refractivity contribution is -0.124. The van der Waals surface area contributed by atoms with Crippen LogP contribution in [0.3, 0.4) is 0 Å². The second kappa shape index (κ2) is 7.22. The minimum Gasteiger partial charge on any atom is -0.481 e. The van der Waals surface area contributed by atoms with Crippen LogP contribution in [0, 0.1) is 11.7 Å². The molecule has 0 aliphatic rings. The second-order valence-corrected chi connectivity index (χ2v) is 6.00. The molecule has 0 saturated carbocycles. The molecule has 0 saturated heterocycles. The molecule has 1 N–H and O–H groups in total. The van der Waals surface area contributed by atoms with E-state index in [1.54, 1.807) is 23.5 Å². The highest BCUT2D eigenvalue weighted by Gasteiger charge is 2.19. The number of benzene rings is 1. The molecule has 112 valence electrons. The molecule has 2 aromatic rings. The lowest BCUT2D eigenvalue weighted by Crippen LogP contribution is -2.34. The maximum absolute atomic E-state index is 13.4. The van der Waals surface area contributed by atoms with E-state index in [4.69, 9.17) is 4.74 Å². The molecule has 3 nitrogen and oxygen atoms in total. The number of rotatable bonds is 6. The topological polar surface area (TPSA) is 38.3 Å². The van der Waals surface area contributed by atoms with Gasteiger partial charge in [-0.3, -0.25) is 4.79 Å². The largest absolute Gasteiger partial charge is 0.481 e. The van der Waals surface area contributed by atoms with Gasteiger partial charge in [0.2, 0.25) is 0 Å². The molecule has 0 fully saturated rings. The quantitative estimate of drug-likeness (QED) is 0.882. The summed E-state index contributed by atoms with van der Waals surface area (Å²) in [6.07, 6.45) is 0. The first kappa shape index (κ1) is 15.5. The molecule has 5 heteroatoms. The summed E-state index contributed by atoms with van der Waals surface area (Å²) in [4.78, 5) is 13.1. The maximum atomic E-state index is 13.4. The highest BCUT2D eigenvalue weighted by molar-refractivity contribution is 7.10. The Bertz CT molecular complexity index is 584. The van der Waals surface area contributed by atoms with Crippen LogP contribution in [0.2, 0.25) is 0 Å². The van der Waals surface area contributed by atoms with Gasteiger partial charge in [0.25, 0.3) is 5.91 Å². The van der Waals surface area contributed by atoms with Gasteiger partial charge in [-0.25, -0.2) is 4.39 Å². The minimum atomic E-state index is -0.469. The Morgan fingerprint density at radius 1 is 1.29 bits per heavy atom. The van der Waals surface area contributed by atoms with Crippen molar-refractivity contribution in [2.45, 2.75) is 19.9 Å². The smallest absolute Gasteiger partial charge is 0.258 e. The fourth-order valence-corrected chi connectivity index (χ4v) is 2.90. The van der Waals surface area contributed by atoms with Crippen molar-refractivity contribution in [1.82, 2.24) is 5.32 Å². The van der Waals surface area contributed by atoms with E-state index in [0.29, 0.717) is 0 Å². The van der Waals surface area contributed by atoms with Crippen LogP contribution in [0.5, 0.6) is 5.75 Å². The standard InChI is InChI=1S/C16H18FNO2S/c1-11(2)16(14-8-5-9-21-14)18-15(19)10-20-13-7-4-3-6-12(13)17/h3-9,11,16H,10H2,1-2H3,(H,18,19)/t16-/m0/s1. The van der Waals surface area contributed by atoms with Crippen LogP contribution in [-0.2, 0) is 4.79 Å². The average Bonchev–Trinajstić information content (AvgIpc) is 2.97. The molecular formula is C16H18FNO2S. The normalized spacial score (nSPS) is 12.2. The van der Waals surface area contributed by atoms with Gasteiger partial charge in [0.15, 0.2) is 18.2 Å². The summed E-state index contributed by atoms with van der Waals surface area (Å²) in [6, 6.07) is 9.94. The van der Waals surface area contributed by atoms with E-state index < -0.39 is 5.82 Å². The summed E-state index contributed by atoms with van der Waals surface area (Å²) in [5, 5.41) is 4.91. The first-order valence-electron chi connectivity index (χ1n) is 6.78. The number of carbonyl (C=O) groups is 1. The van der Waals surface area contributed by atoms with E-state index in [-0.39, 0.29) is 30.2 Å². The van der Waals surface area contributed by atoms with Crippen LogP contribution in [0.15, 0.2) is 41.8 Å². The summed E-state index contributed by atoms with van der Waals surface area (Å²) >= 11 is 1.60. The van der Waals surface area contributed by atoms with Crippen LogP contribution in [0.1, 0.15) is 24.8 Å². The predicted molar refractivity (Wildman–Crippen MR) is 81.9 cm³/mol. The van der Waals surface area contributed by atoms with Crippen molar-refractivity contribution in [2.24, 2.45) is 5.92 Å². The van der Waals surface area contributed by atoms with E-state index in [9.17, 15) is 9.18 Å². The second-order valence-electron chi connectivity index (χ2n) is 5.02. The van der Waals surface area contributed by atoms with Crippen LogP contribution in [0.4, 0.5) is 4.39 Å². The molecule has 0 radical (unpaired) electrons. The molecule has 1 aromatic carbocycles. The third kappa shape index (κ3) is 4.29. The van der Waals surface area contributed by atoms with E-state index in [1.165, 1.54) is 12.1 Å². The SMILES string of the molecule is CC(C)[C@H](NC(=O)COc1ccccc1F)c1cccs1. The number of thiophene rings is 1. The van der Waals surface area contributed by atoms with Gasteiger partial charge in [-0.1, -0.05) is 32.0 Å². The zero-order valence-electron chi connectivity index (χ0n) is 12.0. The number of nitrogens with one attached hydrogen (secondary N) is 1. The van der Waals surface area contributed by atoms with Gasteiger partial charge in [-0.05, 0) is 29.5 Å². The molecule has 21 heavy (non-hydrogen) atoms. The molecular weight excluding hydrogens is 289 g/mol. The lowest BCUT2D eigenvalue weighted by Gasteiger charge is -2.21. The summed E-state index contributed by atoms with van der Waals surface area (Å²) < 4.78 is 18.6. The van der Waals surface area contributed by atoms with E-state index in [0.717, 1.165) is 4.88 Å². The Hall–Kier alpha value is -1.88. The van der Waals surface area contributed by atoms with Gasteiger partial charge >= 0.3 is 0 Å². The summed E-state index contributed by atoms with van der Waals surface area (Å²) in [7, 11) is 0. The average molecular weight is 307 g/mol. The van der Waals surface area contributed by atoms with Gasteiger partial charge in [-0.15, -0.1) is 11.3 Å². The van der Waals surface area contributed by atoms with Gasteiger partial charge < -0.3 is 10.1 Å². The number of hydrogen-bond donors (Lipinski definition) is 1. The molecule has 0 bridgehead atoms. The molecule has 0 spiro atoms. The Morgan fingerprint density at radius 3 is 2.67 bits per heavy atom. The number of halogens is 1. The van der Waals surface area contributed by atoms with Crippen LogP contribution < -0.4 is 10.1 Å². The first-order chi connectivity index (χ1) is 10.1. The van der Waals surface area contributed by atoms with Crippen molar-refractivity contribution < 1.29 is 13.9 Å². The molecule has 1 aromatic heterocycles. The fourth-order valence-electron chi connectivity index (χ4n) is 1.95. The Balaban J connectivity index is 1.93. The number of para-hydroxylation sites is 1. The minimum absolute atomic E-state index is 0.0540. The molecule has 0 aliphatic carbocycles. The van der Waals surface area contributed by atoms with E-state index >= 15 is 0 Å². The zero-order valence-corrected chi connectivity index (χ0v) is 12.8. The molecule has 2 rings (SSSR count). The van der Waals surface area contributed by atoms with Crippen molar-refractivity contribution in [3.05, 3.63) is 52.5 Å². The molecule has 0 unspecified atom stereocenters. The third-order valence-corrected chi connectivity index (χ3v) is 3.98. The first-order valence-corrected chi connectivity index (χ1v) is 7.66. The summed E-state index contributed by atoms with van der Waals surface area (Å²) in [5.74, 6) is -0.375. The zero-order chi connectivity index (χ0) is 15.2. The van der Waals surface area contributed by atoms with Gasteiger partial charge in [0.1, 0.15) is 0 Å². The van der Waals surface area contributed by atoms with Crippen molar-refractivity contribution in [3.63, 3.8) is 0 Å². The molecule has 1 amide bonds. The number of carbonyl (C=O) groups excluding carboxylic acids is 1. The van der Waals surface area contributed by atoms with Crippen LogP contribution >= 0.6 is 11.3 Å². The Labute approximate surface area is 127 Å². The van der Waals surface area contributed by atoms with Crippen LogP contribution in [0.25, 0.3) is 0 Å². The maximum Gasteiger partial charge on any atom is 0.258 e. The number of amides is 1. The van der Waals surface area contributed by atoms with Crippen molar-refractivity contribution in [3.8, 4) is 5.75 Å². The predicted octanol–water partition coefficient (Wildman–Crippen LogP) is 3.78. The van der Waals surface area contributed by atoms with Crippen molar-refractivity contribution >= 4 is 17.2 Å². The monoisotopic (exact) mass is 307 g/mol. The number of ether oxygens (including phenoxy) is 1. The lowest BCUT2D eigenvalue weighted by atomic mass is 10.0. The fraction of sp³-hybridized carbons (Fsp3) is 0.312. The van der Waals surface area contributed by atoms with E-state index in [2.05, 4.69) is 5.32 Å². The van der Waals surface area contributed by atoms with E-state index in [1.807, 2.05) is 31.4 Å². The van der Waals surface area contributed by atoms with Gasteiger partial charge in [-0.2, -0.15) is 0 Å². The van der Waals surface area contributed by atoms with Gasteiger partial charge in [0, 0.05) is 4.88 Å². The van der Waals surface area contributed by atoms with Crippen LogP contribution in [-0.4, -0.2) is 12.5 Å². The highest BCUT2D eigenvalue weighted by Crippen LogP contribution is 2.25. The summed E-state index contributed by atoms with van der Waals surface area (Å²) in [6.45, 7) is 3.89. The Kier molecular flexibility index (Phi) is 5.33. The molecule has 0 aliphatic heterocycles. The highest BCUT2D eigenvalue weighted by atomic mass is 32.1. The number of hydrogen-bond acceptors (Lipinski definition) is 3. The third-order valence-electron chi connectivity index (χ3n) is 3.03. The van der Waals surface area contributed by atoms with Crippen molar-refractivity contribution in [1.29, 1.82) is 0 Å².